The Morgan fingerprint density at radius 2 is 2.00 bits per heavy atom. The highest BCUT2D eigenvalue weighted by molar-refractivity contribution is 5.24. The highest BCUT2D eigenvalue weighted by atomic mass is 14.7. The minimum atomic E-state index is 0.142. The van der Waals surface area contributed by atoms with Crippen molar-refractivity contribution in [3.05, 3.63) is 29.6 Å². The van der Waals surface area contributed by atoms with Gasteiger partial charge in [0.2, 0.25) is 0 Å². The molecule has 0 radical (unpaired) electrons. The quantitative estimate of drug-likeness (QED) is 0.803. The van der Waals surface area contributed by atoms with Crippen LogP contribution in [0.2, 0.25) is 0 Å². The van der Waals surface area contributed by atoms with E-state index in [0.29, 0.717) is 0 Å². The van der Waals surface area contributed by atoms with Crippen molar-refractivity contribution in [3.8, 4) is 0 Å². The molecule has 0 aliphatic heterocycles. The van der Waals surface area contributed by atoms with Crippen LogP contribution < -0.4 is 5.73 Å². The van der Waals surface area contributed by atoms with E-state index in [0.717, 1.165) is 12.3 Å². The monoisotopic (exact) mass is 206 g/mol. The van der Waals surface area contributed by atoms with E-state index in [2.05, 4.69) is 25.8 Å². The average Bonchev–Trinajstić information content (AvgIpc) is 2.26. The number of aromatic nitrogens is 1. The smallest absolute Gasteiger partial charge is 0.0318 e. The van der Waals surface area contributed by atoms with Gasteiger partial charge < -0.3 is 5.73 Å². The first-order valence-electron chi connectivity index (χ1n) is 5.85. The summed E-state index contributed by atoms with van der Waals surface area (Å²) in [5.74, 6) is 0.736. The topological polar surface area (TPSA) is 38.9 Å². The third-order valence-corrected chi connectivity index (χ3v) is 3.22. The Morgan fingerprint density at radius 1 is 1.33 bits per heavy atom. The van der Waals surface area contributed by atoms with E-state index in [9.17, 15) is 0 Å². The summed E-state index contributed by atoms with van der Waals surface area (Å²) in [6.07, 6.45) is 7.22. The van der Waals surface area contributed by atoms with Crippen LogP contribution in [0.3, 0.4) is 0 Å². The van der Waals surface area contributed by atoms with E-state index >= 15 is 0 Å². The van der Waals surface area contributed by atoms with Crippen LogP contribution in [-0.2, 0) is 0 Å². The second kappa shape index (κ2) is 5.86. The number of nitrogens with two attached hydrogens (primary N) is 1. The number of hydrogen-bond acceptors (Lipinski definition) is 2. The van der Waals surface area contributed by atoms with Crippen molar-refractivity contribution in [2.75, 3.05) is 0 Å². The largest absolute Gasteiger partial charge is 0.324 e. The molecule has 0 saturated carbocycles. The summed E-state index contributed by atoms with van der Waals surface area (Å²) in [4.78, 5) is 4.15. The molecule has 2 heteroatoms. The van der Waals surface area contributed by atoms with Gasteiger partial charge in [-0.1, -0.05) is 26.7 Å². The number of hydrogen-bond donors (Lipinski definition) is 1. The fourth-order valence-electron chi connectivity index (χ4n) is 1.97. The molecule has 0 aromatic carbocycles. The van der Waals surface area contributed by atoms with Crippen LogP contribution in [0.5, 0.6) is 0 Å². The lowest BCUT2D eigenvalue weighted by atomic mass is 9.91. The third kappa shape index (κ3) is 3.31. The van der Waals surface area contributed by atoms with Gasteiger partial charge in [0.25, 0.3) is 0 Å². The van der Waals surface area contributed by atoms with Gasteiger partial charge in [0.05, 0.1) is 0 Å². The van der Waals surface area contributed by atoms with Gasteiger partial charge in [0, 0.05) is 18.4 Å². The lowest BCUT2D eigenvalue weighted by Gasteiger charge is -2.19. The second-order valence-corrected chi connectivity index (χ2v) is 4.26. The predicted molar refractivity (Wildman–Crippen MR) is 64.6 cm³/mol. The first kappa shape index (κ1) is 12.2. The molecular weight excluding hydrogens is 184 g/mol. The molecule has 1 aromatic heterocycles. The molecule has 0 amide bonds. The number of rotatable bonds is 5. The molecular formula is C13H22N2. The zero-order valence-corrected chi connectivity index (χ0v) is 10.0. The van der Waals surface area contributed by atoms with Gasteiger partial charge in [-0.2, -0.15) is 0 Å². The molecule has 2 nitrogen and oxygen atoms in total. The maximum Gasteiger partial charge on any atom is 0.0318 e. The van der Waals surface area contributed by atoms with Gasteiger partial charge >= 0.3 is 0 Å². The van der Waals surface area contributed by atoms with E-state index in [4.69, 9.17) is 5.73 Å². The van der Waals surface area contributed by atoms with Crippen molar-refractivity contribution >= 4 is 0 Å². The minimum Gasteiger partial charge on any atom is -0.324 e. The minimum absolute atomic E-state index is 0.142. The Morgan fingerprint density at radius 3 is 2.53 bits per heavy atom. The van der Waals surface area contributed by atoms with Crippen molar-refractivity contribution in [1.82, 2.24) is 4.98 Å². The molecule has 0 saturated heterocycles. The molecule has 0 aliphatic rings. The molecule has 2 N–H and O–H groups in total. The van der Waals surface area contributed by atoms with Crippen LogP contribution in [0.25, 0.3) is 0 Å². The third-order valence-electron chi connectivity index (χ3n) is 3.22. The van der Waals surface area contributed by atoms with E-state index in [1.807, 2.05) is 18.5 Å². The van der Waals surface area contributed by atoms with Crippen molar-refractivity contribution in [3.63, 3.8) is 0 Å². The van der Waals surface area contributed by atoms with Crippen molar-refractivity contribution in [2.45, 2.75) is 46.1 Å². The molecule has 0 aliphatic carbocycles. The summed E-state index contributed by atoms with van der Waals surface area (Å²) in [6.45, 7) is 6.57. The molecule has 1 heterocycles. The van der Waals surface area contributed by atoms with Crippen LogP contribution in [0.15, 0.2) is 18.5 Å². The normalized spacial score (nSPS) is 13.1. The van der Waals surface area contributed by atoms with Crippen LogP contribution in [-0.4, -0.2) is 4.98 Å². The molecule has 0 spiro atoms. The van der Waals surface area contributed by atoms with E-state index in [1.165, 1.54) is 24.0 Å². The SMILES string of the molecule is CCC(CC)CC(N)c1cnccc1C. The summed E-state index contributed by atoms with van der Waals surface area (Å²) < 4.78 is 0. The Labute approximate surface area is 92.9 Å². The molecule has 0 fully saturated rings. The summed E-state index contributed by atoms with van der Waals surface area (Å²) in [7, 11) is 0. The zero-order chi connectivity index (χ0) is 11.3. The Kier molecular flexibility index (Phi) is 4.76. The predicted octanol–water partition coefficient (Wildman–Crippen LogP) is 3.22. The maximum atomic E-state index is 6.21. The molecule has 1 rings (SSSR count). The van der Waals surface area contributed by atoms with Gasteiger partial charge in [0.15, 0.2) is 0 Å². The second-order valence-electron chi connectivity index (χ2n) is 4.26. The van der Waals surface area contributed by atoms with E-state index in [-0.39, 0.29) is 6.04 Å². The van der Waals surface area contributed by atoms with Crippen molar-refractivity contribution in [2.24, 2.45) is 11.7 Å². The zero-order valence-electron chi connectivity index (χ0n) is 10.0. The van der Waals surface area contributed by atoms with E-state index < -0.39 is 0 Å². The molecule has 1 aromatic rings. The molecule has 0 bridgehead atoms. The molecule has 15 heavy (non-hydrogen) atoms. The molecule has 1 unspecified atom stereocenters. The fraction of sp³-hybridized carbons (Fsp3) is 0.615. The Balaban J connectivity index is 2.68. The summed E-state index contributed by atoms with van der Waals surface area (Å²) >= 11 is 0. The van der Waals surface area contributed by atoms with Gasteiger partial charge in [-0.15, -0.1) is 0 Å². The summed E-state index contributed by atoms with van der Waals surface area (Å²) in [5.41, 5.74) is 8.66. The fourth-order valence-corrected chi connectivity index (χ4v) is 1.97. The number of pyridine rings is 1. The first-order valence-corrected chi connectivity index (χ1v) is 5.85. The highest BCUT2D eigenvalue weighted by Crippen LogP contribution is 2.24. The summed E-state index contributed by atoms with van der Waals surface area (Å²) in [5, 5.41) is 0. The van der Waals surface area contributed by atoms with Crippen LogP contribution in [0, 0.1) is 12.8 Å². The van der Waals surface area contributed by atoms with Gasteiger partial charge in [-0.25, -0.2) is 0 Å². The molecule has 84 valence electrons. The van der Waals surface area contributed by atoms with Gasteiger partial charge in [-0.3, -0.25) is 4.98 Å². The lowest BCUT2D eigenvalue weighted by molar-refractivity contribution is 0.413. The highest BCUT2D eigenvalue weighted by Gasteiger charge is 2.13. The first-order chi connectivity index (χ1) is 7.19. The maximum absolute atomic E-state index is 6.21. The lowest BCUT2D eigenvalue weighted by Crippen LogP contribution is -2.16. The van der Waals surface area contributed by atoms with Crippen LogP contribution in [0.4, 0.5) is 0 Å². The van der Waals surface area contributed by atoms with Crippen molar-refractivity contribution in [1.29, 1.82) is 0 Å². The average molecular weight is 206 g/mol. The number of nitrogens with zero attached hydrogens (tertiary/aromatic N) is 1. The Hall–Kier alpha value is -0.890. The van der Waals surface area contributed by atoms with Gasteiger partial charge in [-0.05, 0) is 36.5 Å². The van der Waals surface area contributed by atoms with Gasteiger partial charge in [0.1, 0.15) is 0 Å². The van der Waals surface area contributed by atoms with Crippen LogP contribution in [0.1, 0.15) is 50.3 Å². The van der Waals surface area contributed by atoms with E-state index in [1.54, 1.807) is 0 Å². The Bertz CT molecular complexity index is 292. The number of aryl methyl sites for hydroxylation is 1. The molecule has 1 atom stereocenters. The standard InChI is InChI=1S/C13H22N2/c1-4-11(5-2)8-13(14)12-9-15-7-6-10(12)3/h6-7,9,11,13H,4-5,8,14H2,1-3H3. The summed E-state index contributed by atoms with van der Waals surface area (Å²) in [6, 6.07) is 2.17. The van der Waals surface area contributed by atoms with Crippen molar-refractivity contribution < 1.29 is 0 Å². The van der Waals surface area contributed by atoms with Crippen LogP contribution >= 0.6 is 0 Å².